The van der Waals surface area contributed by atoms with Gasteiger partial charge in [0.15, 0.2) is 0 Å². The summed E-state index contributed by atoms with van der Waals surface area (Å²) in [6.45, 7) is 2.00. The van der Waals surface area contributed by atoms with Crippen molar-refractivity contribution in [2.24, 2.45) is 5.92 Å². The lowest BCUT2D eigenvalue weighted by Gasteiger charge is -2.13. The molecule has 2 unspecified atom stereocenters. The van der Waals surface area contributed by atoms with Crippen LogP contribution in [0.25, 0.3) is 0 Å². The number of halogens is 1. The van der Waals surface area contributed by atoms with Gasteiger partial charge in [-0.25, -0.2) is 4.39 Å². The van der Waals surface area contributed by atoms with E-state index in [9.17, 15) is 14.3 Å². The Morgan fingerprint density at radius 1 is 1.58 bits per heavy atom. The molecule has 0 amide bonds. The van der Waals surface area contributed by atoms with Crippen molar-refractivity contribution in [3.05, 3.63) is 23.5 Å². The summed E-state index contributed by atoms with van der Waals surface area (Å²) in [7, 11) is 0. The van der Waals surface area contributed by atoms with Gasteiger partial charge in [-0.3, -0.25) is 4.79 Å². The zero-order valence-electron chi connectivity index (χ0n) is 11.3. The molecule has 3 nitrogen and oxygen atoms in total. The Hall–Kier alpha value is -1.16. The van der Waals surface area contributed by atoms with E-state index in [0.29, 0.717) is 12.8 Å². The molecule has 1 heterocycles. The van der Waals surface area contributed by atoms with Crippen LogP contribution in [0.2, 0.25) is 0 Å². The molecule has 0 aromatic rings. The topological polar surface area (TPSA) is 46.5 Å². The molecule has 1 N–H and O–H groups in total. The third-order valence-electron chi connectivity index (χ3n) is 3.80. The monoisotopic (exact) mass is 268 g/mol. The standard InChI is InChI=1S/C15H21FO3/c1-2-3-4-12(16)13(17)7-5-10-6-8-14-11(10)9-15(18)19-14/h5,7,10,12-13,17H,2-4,6,8-9H2,1H3/b7-5+/t10-,12?,13?/m0/s1. The Balaban J connectivity index is 1.87. The average Bonchev–Trinajstić information content (AvgIpc) is 2.92. The second kappa shape index (κ2) is 6.33. The lowest BCUT2D eigenvalue weighted by Crippen LogP contribution is -2.19. The third kappa shape index (κ3) is 3.44. The maximum absolute atomic E-state index is 13.6. The molecule has 19 heavy (non-hydrogen) atoms. The number of rotatable bonds is 6. The predicted octanol–water partition coefficient (Wildman–Crippen LogP) is 3.04. The summed E-state index contributed by atoms with van der Waals surface area (Å²) >= 11 is 0. The van der Waals surface area contributed by atoms with E-state index in [1.807, 2.05) is 13.0 Å². The number of aliphatic hydroxyl groups is 1. The highest BCUT2D eigenvalue weighted by Gasteiger charge is 2.33. The second-order valence-electron chi connectivity index (χ2n) is 5.28. The first-order chi connectivity index (χ1) is 9.11. The van der Waals surface area contributed by atoms with Crippen LogP contribution in [0.4, 0.5) is 4.39 Å². The minimum atomic E-state index is -1.20. The van der Waals surface area contributed by atoms with E-state index in [4.69, 9.17) is 4.74 Å². The van der Waals surface area contributed by atoms with Crippen molar-refractivity contribution >= 4 is 5.97 Å². The number of ether oxygens (including phenoxy) is 1. The van der Waals surface area contributed by atoms with Crippen molar-refractivity contribution in [2.75, 3.05) is 0 Å². The van der Waals surface area contributed by atoms with Crippen molar-refractivity contribution in [3.8, 4) is 0 Å². The van der Waals surface area contributed by atoms with E-state index in [-0.39, 0.29) is 11.9 Å². The van der Waals surface area contributed by atoms with Gasteiger partial charge in [-0.15, -0.1) is 0 Å². The van der Waals surface area contributed by atoms with Crippen LogP contribution in [0.3, 0.4) is 0 Å². The van der Waals surface area contributed by atoms with Crippen LogP contribution >= 0.6 is 0 Å². The molecule has 1 aliphatic heterocycles. The quantitative estimate of drug-likeness (QED) is 0.595. The molecule has 0 bridgehead atoms. The van der Waals surface area contributed by atoms with Gasteiger partial charge in [0.2, 0.25) is 0 Å². The Bertz CT molecular complexity index is 400. The summed E-state index contributed by atoms with van der Waals surface area (Å²) in [4.78, 5) is 11.2. The summed E-state index contributed by atoms with van der Waals surface area (Å²) < 4.78 is 18.7. The van der Waals surface area contributed by atoms with Crippen LogP contribution < -0.4 is 0 Å². The highest BCUT2D eigenvalue weighted by molar-refractivity contribution is 5.77. The fourth-order valence-corrected chi connectivity index (χ4v) is 2.65. The Morgan fingerprint density at radius 2 is 2.37 bits per heavy atom. The van der Waals surface area contributed by atoms with Crippen molar-refractivity contribution < 1.29 is 19.0 Å². The number of alkyl halides is 1. The summed E-state index contributed by atoms with van der Waals surface area (Å²) in [5, 5.41) is 9.72. The largest absolute Gasteiger partial charge is 0.431 e. The van der Waals surface area contributed by atoms with E-state index in [0.717, 1.165) is 37.0 Å². The first-order valence-electron chi connectivity index (χ1n) is 7.05. The molecule has 0 saturated heterocycles. The molecular weight excluding hydrogens is 247 g/mol. The van der Waals surface area contributed by atoms with Crippen LogP contribution in [0.15, 0.2) is 23.5 Å². The molecular formula is C15H21FO3. The van der Waals surface area contributed by atoms with Gasteiger partial charge in [-0.05, 0) is 18.4 Å². The van der Waals surface area contributed by atoms with E-state index >= 15 is 0 Å². The first-order valence-corrected chi connectivity index (χ1v) is 7.05. The molecule has 0 aromatic carbocycles. The van der Waals surface area contributed by atoms with Crippen LogP contribution in [-0.4, -0.2) is 23.4 Å². The van der Waals surface area contributed by atoms with Crippen LogP contribution in [0, 0.1) is 5.92 Å². The first kappa shape index (κ1) is 14.3. The molecule has 2 aliphatic rings. The Labute approximate surface area is 113 Å². The number of carbonyl (C=O) groups is 1. The second-order valence-corrected chi connectivity index (χ2v) is 5.28. The molecule has 0 aromatic heterocycles. The van der Waals surface area contributed by atoms with Crippen molar-refractivity contribution in [1.29, 1.82) is 0 Å². The number of aliphatic hydroxyl groups excluding tert-OH is 1. The molecule has 0 spiro atoms. The highest BCUT2D eigenvalue weighted by Crippen LogP contribution is 2.40. The van der Waals surface area contributed by atoms with E-state index in [1.54, 1.807) is 0 Å². The number of hydrogen-bond donors (Lipinski definition) is 1. The van der Waals surface area contributed by atoms with Gasteiger partial charge in [0.1, 0.15) is 18.0 Å². The number of esters is 1. The lowest BCUT2D eigenvalue weighted by molar-refractivity contribution is -0.136. The molecule has 0 fully saturated rings. The fourth-order valence-electron chi connectivity index (χ4n) is 2.65. The summed E-state index contributed by atoms with van der Waals surface area (Å²) in [5.41, 5.74) is 1.01. The fraction of sp³-hybridized carbons (Fsp3) is 0.667. The molecule has 4 heteroatoms. The van der Waals surface area contributed by atoms with Gasteiger partial charge < -0.3 is 9.84 Å². The van der Waals surface area contributed by atoms with Gasteiger partial charge in [0.25, 0.3) is 0 Å². The number of hydrogen-bond acceptors (Lipinski definition) is 3. The summed E-state index contributed by atoms with van der Waals surface area (Å²) in [6.07, 6.45) is 5.20. The predicted molar refractivity (Wildman–Crippen MR) is 70.0 cm³/mol. The normalized spacial score (nSPS) is 25.8. The Kier molecular flexibility index (Phi) is 4.75. The Morgan fingerprint density at radius 3 is 3.11 bits per heavy atom. The average molecular weight is 268 g/mol. The van der Waals surface area contributed by atoms with Gasteiger partial charge in [-0.2, -0.15) is 0 Å². The van der Waals surface area contributed by atoms with E-state index < -0.39 is 12.3 Å². The number of allylic oxidation sites excluding steroid dienone is 2. The maximum atomic E-state index is 13.6. The van der Waals surface area contributed by atoms with Crippen LogP contribution in [0.1, 0.15) is 45.4 Å². The lowest BCUT2D eigenvalue weighted by atomic mass is 9.97. The smallest absolute Gasteiger partial charge is 0.315 e. The molecule has 0 radical (unpaired) electrons. The van der Waals surface area contributed by atoms with Crippen LogP contribution in [-0.2, 0) is 9.53 Å². The van der Waals surface area contributed by atoms with E-state index in [1.165, 1.54) is 6.08 Å². The van der Waals surface area contributed by atoms with Gasteiger partial charge in [0.05, 0.1) is 6.42 Å². The number of unbranched alkanes of at least 4 members (excludes halogenated alkanes) is 1. The molecule has 3 atom stereocenters. The summed E-state index contributed by atoms with van der Waals surface area (Å²) in [6, 6.07) is 0. The number of carbonyl (C=O) groups excluding carboxylic acids is 1. The van der Waals surface area contributed by atoms with Crippen LogP contribution in [0.5, 0.6) is 0 Å². The van der Waals surface area contributed by atoms with Gasteiger partial charge in [0, 0.05) is 12.3 Å². The SMILES string of the molecule is CCCCC(F)C(O)/C=C/[C@H]1CCC2=C1CC(=O)O2. The van der Waals surface area contributed by atoms with Gasteiger partial charge >= 0.3 is 5.97 Å². The minimum Gasteiger partial charge on any atom is -0.431 e. The molecule has 1 aliphatic carbocycles. The van der Waals surface area contributed by atoms with Crippen molar-refractivity contribution in [2.45, 2.75) is 57.7 Å². The van der Waals surface area contributed by atoms with Crippen molar-refractivity contribution in [3.63, 3.8) is 0 Å². The van der Waals surface area contributed by atoms with Gasteiger partial charge in [-0.1, -0.05) is 31.9 Å². The molecule has 2 rings (SSSR count). The molecule has 0 saturated carbocycles. The zero-order valence-corrected chi connectivity index (χ0v) is 11.3. The minimum absolute atomic E-state index is 0.120. The maximum Gasteiger partial charge on any atom is 0.315 e. The van der Waals surface area contributed by atoms with Crippen molar-refractivity contribution in [1.82, 2.24) is 0 Å². The highest BCUT2D eigenvalue weighted by atomic mass is 19.1. The zero-order chi connectivity index (χ0) is 13.8. The third-order valence-corrected chi connectivity index (χ3v) is 3.80. The molecule has 106 valence electrons. The van der Waals surface area contributed by atoms with E-state index in [2.05, 4.69) is 0 Å². The summed E-state index contributed by atoms with van der Waals surface area (Å²) in [5.74, 6) is 0.710.